The monoisotopic (exact) mass is 344 g/mol. The summed E-state index contributed by atoms with van der Waals surface area (Å²) >= 11 is 6.40. The average molecular weight is 346 g/mol. The van der Waals surface area contributed by atoms with Crippen LogP contribution in [0.5, 0.6) is 0 Å². The topological polar surface area (TPSA) is 66.9 Å². The van der Waals surface area contributed by atoms with Gasteiger partial charge < -0.3 is 0 Å². The van der Waals surface area contributed by atoms with Gasteiger partial charge in [0.2, 0.25) is 0 Å². The van der Waals surface area contributed by atoms with Gasteiger partial charge in [-0.3, -0.25) is 10.1 Å². The van der Waals surface area contributed by atoms with Crippen LogP contribution in [0.1, 0.15) is 5.56 Å². The zero-order valence-corrected chi connectivity index (χ0v) is 11.1. The van der Waals surface area contributed by atoms with Crippen LogP contribution < -0.4 is 0 Å². The first kappa shape index (κ1) is 12.9. The second-order valence-electron chi connectivity index (χ2n) is 2.86. The molecular weight excluding hydrogens is 340 g/mol. The molecule has 1 rings (SSSR count). The maximum Gasteiger partial charge on any atom is 0.270 e. The van der Waals surface area contributed by atoms with Gasteiger partial charge in [0.15, 0.2) is 0 Å². The van der Waals surface area contributed by atoms with E-state index in [9.17, 15) is 10.1 Å². The van der Waals surface area contributed by atoms with Gasteiger partial charge in [-0.2, -0.15) is 5.26 Å². The first-order chi connectivity index (χ1) is 7.54. The fourth-order valence-electron chi connectivity index (χ4n) is 1.05. The molecule has 0 spiro atoms. The van der Waals surface area contributed by atoms with Crippen LogP contribution in [0.4, 0.5) is 5.69 Å². The maximum atomic E-state index is 10.5. The molecular formula is C10H6Br2N2O2. The summed E-state index contributed by atoms with van der Waals surface area (Å²) in [6.07, 6.45) is 1.58. The number of nitro groups is 1. The summed E-state index contributed by atoms with van der Waals surface area (Å²) in [6, 6.07) is 8.10. The predicted octanol–water partition coefficient (Wildman–Crippen LogP) is 3.62. The zero-order chi connectivity index (χ0) is 12.1. The highest BCUT2D eigenvalue weighted by Crippen LogP contribution is 2.22. The molecule has 1 aromatic rings. The molecule has 0 aromatic heterocycles. The van der Waals surface area contributed by atoms with Gasteiger partial charge in [-0.15, -0.1) is 0 Å². The molecule has 0 fully saturated rings. The van der Waals surface area contributed by atoms with Crippen molar-refractivity contribution in [1.29, 1.82) is 5.26 Å². The van der Waals surface area contributed by atoms with Gasteiger partial charge in [0.25, 0.3) is 5.69 Å². The third-order valence-electron chi connectivity index (χ3n) is 1.77. The Morgan fingerprint density at radius 3 is 2.75 bits per heavy atom. The second kappa shape index (κ2) is 5.77. The van der Waals surface area contributed by atoms with E-state index in [1.54, 1.807) is 18.2 Å². The number of allylic oxidation sites excluding steroid dienone is 1. The Bertz CT molecular complexity index is 478. The summed E-state index contributed by atoms with van der Waals surface area (Å²) in [5.41, 5.74) is 1.07. The van der Waals surface area contributed by atoms with E-state index in [1.807, 2.05) is 6.07 Å². The van der Waals surface area contributed by atoms with E-state index < -0.39 is 4.92 Å². The number of non-ortho nitro benzene ring substituents is 1. The van der Waals surface area contributed by atoms with E-state index >= 15 is 0 Å². The predicted molar refractivity (Wildman–Crippen MR) is 68.3 cm³/mol. The third kappa shape index (κ3) is 3.43. The number of rotatable bonds is 3. The van der Waals surface area contributed by atoms with Crippen molar-refractivity contribution >= 4 is 43.6 Å². The van der Waals surface area contributed by atoms with Crippen LogP contribution >= 0.6 is 31.9 Å². The van der Waals surface area contributed by atoms with Crippen molar-refractivity contribution < 1.29 is 4.92 Å². The molecule has 0 heterocycles. The van der Waals surface area contributed by atoms with Gasteiger partial charge in [0.05, 0.1) is 16.6 Å². The molecule has 0 N–H and O–H groups in total. The van der Waals surface area contributed by atoms with Crippen molar-refractivity contribution in [3.8, 4) is 6.07 Å². The molecule has 16 heavy (non-hydrogen) atoms. The SMILES string of the molecule is N#CC(=Cc1cccc([N+](=O)[O-])c1)C(Br)Br. The molecule has 4 nitrogen and oxygen atoms in total. The van der Waals surface area contributed by atoms with Gasteiger partial charge in [-0.1, -0.05) is 44.0 Å². The van der Waals surface area contributed by atoms with E-state index in [4.69, 9.17) is 5.26 Å². The lowest BCUT2D eigenvalue weighted by Gasteiger charge is -1.99. The van der Waals surface area contributed by atoms with Crippen molar-refractivity contribution in [2.75, 3.05) is 0 Å². The number of hydrogen-bond acceptors (Lipinski definition) is 3. The largest absolute Gasteiger partial charge is 0.270 e. The normalized spacial score (nSPS) is 11.2. The Morgan fingerprint density at radius 2 is 2.25 bits per heavy atom. The van der Waals surface area contributed by atoms with Gasteiger partial charge >= 0.3 is 0 Å². The molecule has 82 valence electrons. The smallest absolute Gasteiger partial charge is 0.258 e. The first-order valence-corrected chi connectivity index (χ1v) is 6.02. The van der Waals surface area contributed by atoms with Crippen LogP contribution in [-0.2, 0) is 0 Å². The molecule has 0 unspecified atom stereocenters. The van der Waals surface area contributed by atoms with Crippen LogP contribution in [0, 0.1) is 21.4 Å². The molecule has 0 aliphatic heterocycles. The van der Waals surface area contributed by atoms with E-state index in [0.29, 0.717) is 11.1 Å². The molecule has 6 heteroatoms. The number of hydrogen-bond donors (Lipinski definition) is 0. The van der Waals surface area contributed by atoms with Crippen LogP contribution in [0.15, 0.2) is 29.8 Å². The van der Waals surface area contributed by atoms with E-state index in [0.717, 1.165) is 0 Å². The van der Waals surface area contributed by atoms with Gasteiger partial charge in [0, 0.05) is 12.1 Å². The van der Waals surface area contributed by atoms with Gasteiger partial charge in [-0.05, 0) is 11.6 Å². The van der Waals surface area contributed by atoms with Crippen LogP contribution in [0.25, 0.3) is 6.08 Å². The first-order valence-electron chi connectivity index (χ1n) is 4.19. The number of alkyl halides is 2. The number of nitro benzene ring substituents is 1. The Labute approximate surface area is 109 Å². The fourth-order valence-corrected chi connectivity index (χ4v) is 1.52. The van der Waals surface area contributed by atoms with Crippen molar-refractivity contribution in [1.82, 2.24) is 0 Å². The average Bonchev–Trinajstić information content (AvgIpc) is 2.25. The summed E-state index contributed by atoms with van der Waals surface area (Å²) < 4.78 is -0.260. The third-order valence-corrected chi connectivity index (χ3v) is 2.75. The van der Waals surface area contributed by atoms with Crippen LogP contribution in [0.3, 0.4) is 0 Å². The number of halogens is 2. The second-order valence-corrected chi connectivity index (χ2v) is 5.92. The molecule has 0 bridgehead atoms. The van der Waals surface area contributed by atoms with Crippen molar-refractivity contribution in [3.63, 3.8) is 0 Å². The lowest BCUT2D eigenvalue weighted by molar-refractivity contribution is -0.384. The summed E-state index contributed by atoms with van der Waals surface area (Å²) in [7, 11) is 0. The highest BCUT2D eigenvalue weighted by Gasteiger charge is 2.08. The standard InChI is InChI=1S/C10H6Br2N2O2/c11-10(12)8(6-13)4-7-2-1-3-9(5-7)14(15)16/h1-5,10H. The lowest BCUT2D eigenvalue weighted by atomic mass is 10.1. The van der Waals surface area contributed by atoms with Crippen LogP contribution in [0.2, 0.25) is 0 Å². The Morgan fingerprint density at radius 1 is 1.56 bits per heavy atom. The fraction of sp³-hybridized carbons (Fsp3) is 0.100. The lowest BCUT2D eigenvalue weighted by Crippen LogP contribution is -1.91. The molecule has 0 aliphatic rings. The van der Waals surface area contributed by atoms with Crippen molar-refractivity contribution in [2.45, 2.75) is 3.74 Å². The quantitative estimate of drug-likeness (QED) is 0.363. The summed E-state index contributed by atoms with van der Waals surface area (Å²) in [4.78, 5) is 10.1. The van der Waals surface area contributed by atoms with E-state index in [2.05, 4.69) is 31.9 Å². The summed E-state index contributed by atoms with van der Waals surface area (Å²) in [6.45, 7) is 0. The van der Waals surface area contributed by atoms with Crippen molar-refractivity contribution in [3.05, 3.63) is 45.5 Å². The zero-order valence-electron chi connectivity index (χ0n) is 7.93. The molecule has 0 radical (unpaired) electrons. The maximum absolute atomic E-state index is 10.5. The Hall–Kier alpha value is -1.19. The highest BCUT2D eigenvalue weighted by molar-refractivity contribution is 9.24. The summed E-state index contributed by atoms with van der Waals surface area (Å²) in [5, 5.41) is 19.4. The highest BCUT2D eigenvalue weighted by atomic mass is 79.9. The molecule has 0 aliphatic carbocycles. The molecule has 0 atom stereocenters. The summed E-state index contributed by atoms with van der Waals surface area (Å²) in [5.74, 6) is 0. The minimum Gasteiger partial charge on any atom is -0.258 e. The van der Waals surface area contributed by atoms with E-state index in [-0.39, 0.29) is 9.42 Å². The van der Waals surface area contributed by atoms with Gasteiger partial charge in [-0.25, -0.2) is 0 Å². The van der Waals surface area contributed by atoms with Gasteiger partial charge in [0.1, 0.15) is 3.74 Å². The van der Waals surface area contributed by atoms with Crippen molar-refractivity contribution in [2.24, 2.45) is 0 Å². The number of benzene rings is 1. The molecule has 0 amide bonds. The molecule has 1 aromatic carbocycles. The number of nitrogens with zero attached hydrogens (tertiary/aromatic N) is 2. The molecule has 0 saturated carbocycles. The minimum atomic E-state index is -0.469. The number of nitriles is 1. The van der Waals surface area contributed by atoms with Crippen LogP contribution in [-0.4, -0.2) is 8.66 Å². The Kier molecular flexibility index (Phi) is 4.65. The Balaban J connectivity index is 3.11. The molecule has 0 saturated heterocycles. The minimum absolute atomic E-state index is 0.00624. The van der Waals surface area contributed by atoms with E-state index in [1.165, 1.54) is 12.1 Å².